The second-order valence-electron chi connectivity index (χ2n) is 3.68. The largest absolute Gasteiger partial charge is 0.382 e. The van der Waals surface area contributed by atoms with Gasteiger partial charge in [0.25, 0.3) is 0 Å². The lowest BCUT2D eigenvalue weighted by Crippen LogP contribution is -2.21. The van der Waals surface area contributed by atoms with Crippen molar-refractivity contribution in [2.75, 3.05) is 22.6 Å². The number of hydrogen-bond donors (Lipinski definition) is 2. The summed E-state index contributed by atoms with van der Waals surface area (Å²) >= 11 is 0. The summed E-state index contributed by atoms with van der Waals surface area (Å²) in [5, 5.41) is 3.10. The van der Waals surface area contributed by atoms with Crippen molar-refractivity contribution in [2.45, 2.75) is 12.5 Å². The van der Waals surface area contributed by atoms with Gasteiger partial charge in [0.1, 0.15) is 5.82 Å². The zero-order valence-corrected chi connectivity index (χ0v) is 9.00. The van der Waals surface area contributed by atoms with Gasteiger partial charge < -0.3 is 11.1 Å². The fraction of sp³-hybridized carbons (Fsp3) is 0.444. The van der Waals surface area contributed by atoms with Crippen molar-refractivity contribution in [3.63, 3.8) is 0 Å². The van der Waals surface area contributed by atoms with E-state index in [4.69, 9.17) is 5.73 Å². The Morgan fingerprint density at radius 3 is 2.93 bits per heavy atom. The number of nitrogens with zero attached hydrogens (tertiary/aromatic N) is 1. The van der Waals surface area contributed by atoms with Crippen LogP contribution in [0, 0.1) is 0 Å². The number of sulfone groups is 1. The number of nitrogens with two attached hydrogens (primary N) is 1. The van der Waals surface area contributed by atoms with E-state index in [-0.39, 0.29) is 17.5 Å². The first-order valence-corrected chi connectivity index (χ1v) is 6.56. The molecule has 1 saturated heterocycles. The Labute approximate surface area is 88.6 Å². The van der Waals surface area contributed by atoms with E-state index in [9.17, 15) is 8.42 Å². The quantitative estimate of drug-likeness (QED) is 0.757. The first-order valence-electron chi connectivity index (χ1n) is 4.74. The van der Waals surface area contributed by atoms with E-state index in [1.165, 1.54) is 0 Å². The van der Waals surface area contributed by atoms with Crippen LogP contribution in [-0.4, -0.2) is 30.9 Å². The van der Waals surface area contributed by atoms with E-state index >= 15 is 0 Å². The topological polar surface area (TPSA) is 85.1 Å². The summed E-state index contributed by atoms with van der Waals surface area (Å²) in [6.45, 7) is 0. The molecule has 0 spiro atoms. The molecular formula is C9H13N3O2S. The van der Waals surface area contributed by atoms with Crippen LogP contribution in [0.15, 0.2) is 18.3 Å². The Kier molecular flexibility index (Phi) is 2.52. The lowest BCUT2D eigenvalue weighted by Gasteiger charge is -2.13. The molecule has 0 saturated carbocycles. The van der Waals surface area contributed by atoms with Crippen molar-refractivity contribution in [3.05, 3.63) is 18.3 Å². The minimum Gasteiger partial charge on any atom is -0.382 e. The molecule has 2 heterocycles. The molecule has 0 radical (unpaired) electrons. The summed E-state index contributed by atoms with van der Waals surface area (Å²) in [4.78, 5) is 3.92. The fourth-order valence-electron chi connectivity index (χ4n) is 1.67. The fourth-order valence-corrected chi connectivity index (χ4v) is 3.34. The maximum atomic E-state index is 11.2. The molecule has 1 aromatic heterocycles. The predicted octanol–water partition coefficient (Wildman–Crippen LogP) is 0.263. The van der Waals surface area contributed by atoms with Gasteiger partial charge in [0.15, 0.2) is 9.84 Å². The highest BCUT2D eigenvalue weighted by molar-refractivity contribution is 7.91. The van der Waals surface area contributed by atoms with Crippen LogP contribution >= 0.6 is 0 Å². The van der Waals surface area contributed by atoms with Crippen LogP contribution in [-0.2, 0) is 9.84 Å². The number of nitrogen functional groups attached to an aromatic ring is 1. The van der Waals surface area contributed by atoms with Gasteiger partial charge in [0, 0.05) is 12.2 Å². The third-order valence-corrected chi connectivity index (χ3v) is 4.20. The van der Waals surface area contributed by atoms with Gasteiger partial charge in [-0.1, -0.05) is 0 Å². The van der Waals surface area contributed by atoms with Crippen LogP contribution in [0.3, 0.4) is 0 Å². The molecule has 0 aromatic carbocycles. The molecule has 1 fully saturated rings. The lowest BCUT2D eigenvalue weighted by atomic mass is 10.2. The summed E-state index contributed by atoms with van der Waals surface area (Å²) in [5.41, 5.74) is 6.35. The Hall–Kier alpha value is -1.30. The van der Waals surface area contributed by atoms with Crippen molar-refractivity contribution in [1.82, 2.24) is 4.98 Å². The molecule has 0 aliphatic carbocycles. The normalized spacial score (nSPS) is 23.9. The monoisotopic (exact) mass is 227 g/mol. The number of anilines is 2. The van der Waals surface area contributed by atoms with Crippen molar-refractivity contribution in [1.29, 1.82) is 0 Å². The van der Waals surface area contributed by atoms with Crippen molar-refractivity contribution < 1.29 is 8.42 Å². The van der Waals surface area contributed by atoms with Gasteiger partial charge in [0.05, 0.1) is 17.2 Å². The van der Waals surface area contributed by atoms with Gasteiger partial charge in [0.2, 0.25) is 0 Å². The van der Waals surface area contributed by atoms with Crippen LogP contribution < -0.4 is 11.1 Å². The van der Waals surface area contributed by atoms with Crippen LogP contribution in [0.4, 0.5) is 11.5 Å². The molecule has 1 atom stereocenters. The van der Waals surface area contributed by atoms with Crippen molar-refractivity contribution in [3.8, 4) is 0 Å². The third-order valence-electron chi connectivity index (χ3n) is 2.43. The first-order chi connectivity index (χ1) is 7.07. The maximum Gasteiger partial charge on any atom is 0.152 e. The van der Waals surface area contributed by atoms with Crippen LogP contribution in [0.5, 0.6) is 0 Å². The second kappa shape index (κ2) is 3.69. The van der Waals surface area contributed by atoms with E-state index < -0.39 is 9.84 Å². The van der Waals surface area contributed by atoms with E-state index in [0.717, 1.165) is 0 Å². The zero-order chi connectivity index (χ0) is 10.9. The first kappa shape index (κ1) is 10.2. The molecular weight excluding hydrogens is 214 g/mol. The number of pyridine rings is 1. The summed E-state index contributed by atoms with van der Waals surface area (Å²) < 4.78 is 22.5. The molecule has 2 rings (SSSR count). The van der Waals surface area contributed by atoms with Gasteiger partial charge in [-0.25, -0.2) is 13.4 Å². The van der Waals surface area contributed by atoms with Crippen LogP contribution in [0.25, 0.3) is 0 Å². The maximum absolute atomic E-state index is 11.2. The highest BCUT2D eigenvalue weighted by Crippen LogP contribution is 2.20. The van der Waals surface area contributed by atoms with Gasteiger partial charge in [-0.05, 0) is 18.6 Å². The molecule has 0 amide bonds. The highest BCUT2D eigenvalue weighted by Gasteiger charge is 2.27. The molecule has 1 aromatic rings. The number of aromatic nitrogens is 1. The summed E-state index contributed by atoms with van der Waals surface area (Å²) in [6, 6.07) is 3.52. The van der Waals surface area contributed by atoms with E-state index in [0.29, 0.717) is 17.9 Å². The molecule has 1 unspecified atom stereocenters. The van der Waals surface area contributed by atoms with E-state index in [2.05, 4.69) is 10.3 Å². The van der Waals surface area contributed by atoms with Crippen LogP contribution in [0.1, 0.15) is 6.42 Å². The molecule has 6 heteroatoms. The minimum atomic E-state index is -2.85. The molecule has 1 aliphatic rings. The summed E-state index contributed by atoms with van der Waals surface area (Å²) in [6.07, 6.45) is 2.24. The molecule has 0 bridgehead atoms. The number of nitrogens with one attached hydrogen (secondary N) is 1. The third kappa shape index (κ3) is 2.38. The van der Waals surface area contributed by atoms with Gasteiger partial charge in [-0.15, -0.1) is 0 Å². The van der Waals surface area contributed by atoms with Crippen molar-refractivity contribution in [2.24, 2.45) is 0 Å². The minimum absolute atomic E-state index is 0.0403. The predicted molar refractivity (Wildman–Crippen MR) is 59.3 cm³/mol. The molecule has 82 valence electrons. The standard InChI is InChI=1S/C9H13N3O2S/c10-9-8(2-1-4-11-9)12-7-3-5-15(13,14)6-7/h1-2,4,7,12H,3,5-6H2,(H2,10,11). The smallest absolute Gasteiger partial charge is 0.152 e. The van der Waals surface area contributed by atoms with E-state index in [1.807, 2.05) is 0 Å². The summed E-state index contributed by atoms with van der Waals surface area (Å²) in [5.74, 6) is 0.841. The molecule has 5 nitrogen and oxygen atoms in total. The second-order valence-corrected chi connectivity index (χ2v) is 5.91. The molecule has 15 heavy (non-hydrogen) atoms. The van der Waals surface area contributed by atoms with Crippen LogP contribution in [0.2, 0.25) is 0 Å². The Bertz CT molecular complexity index is 458. The highest BCUT2D eigenvalue weighted by atomic mass is 32.2. The molecule has 1 aliphatic heterocycles. The van der Waals surface area contributed by atoms with Gasteiger partial charge >= 0.3 is 0 Å². The SMILES string of the molecule is Nc1ncccc1NC1CCS(=O)(=O)C1. The van der Waals surface area contributed by atoms with Gasteiger partial charge in [-0.2, -0.15) is 0 Å². The summed E-state index contributed by atoms with van der Waals surface area (Å²) in [7, 11) is -2.85. The number of hydrogen-bond acceptors (Lipinski definition) is 5. The van der Waals surface area contributed by atoms with E-state index in [1.54, 1.807) is 18.3 Å². The Morgan fingerprint density at radius 2 is 2.33 bits per heavy atom. The Balaban J connectivity index is 2.08. The lowest BCUT2D eigenvalue weighted by molar-refractivity contribution is 0.602. The average Bonchev–Trinajstić information content (AvgIpc) is 2.50. The number of rotatable bonds is 2. The molecule has 3 N–H and O–H groups in total. The Morgan fingerprint density at radius 1 is 1.53 bits per heavy atom. The van der Waals surface area contributed by atoms with Crippen molar-refractivity contribution >= 4 is 21.3 Å². The average molecular weight is 227 g/mol. The zero-order valence-electron chi connectivity index (χ0n) is 8.18. The van der Waals surface area contributed by atoms with Gasteiger partial charge in [-0.3, -0.25) is 0 Å².